The quantitative estimate of drug-likeness (QED) is 0.685. The van der Waals surface area contributed by atoms with Crippen molar-refractivity contribution in [2.75, 3.05) is 0 Å². The molecule has 0 amide bonds. The molecule has 0 heterocycles. The van der Waals surface area contributed by atoms with E-state index in [0.29, 0.717) is 0 Å². The van der Waals surface area contributed by atoms with Crippen molar-refractivity contribution in [1.29, 1.82) is 0 Å². The summed E-state index contributed by atoms with van der Waals surface area (Å²) in [7, 11) is 0. The zero-order valence-electron chi connectivity index (χ0n) is 9.29. The highest BCUT2D eigenvalue weighted by molar-refractivity contribution is 5.93. The Bertz CT molecular complexity index is 233. The molecule has 0 aromatic heterocycles. The largest absolute Gasteiger partial charge is 0.481 e. The summed E-state index contributed by atoms with van der Waals surface area (Å²) in [5.41, 5.74) is -1.18. The minimum absolute atomic E-state index is 0.381. The molecule has 82 valence electrons. The first-order chi connectivity index (χ1) is 6.01. The number of carboxylic acids is 2. The lowest BCUT2D eigenvalue weighted by atomic mass is 9.62. The highest BCUT2D eigenvalue weighted by Crippen LogP contribution is 2.44. The molecule has 0 aromatic carbocycles. The molecule has 0 aromatic rings. The van der Waals surface area contributed by atoms with E-state index in [-0.39, 0.29) is 5.41 Å². The van der Waals surface area contributed by atoms with Gasteiger partial charge in [0.15, 0.2) is 5.92 Å². The van der Waals surface area contributed by atoms with Crippen LogP contribution in [0.25, 0.3) is 0 Å². The second-order valence-electron chi connectivity index (χ2n) is 5.08. The van der Waals surface area contributed by atoms with Gasteiger partial charge in [0, 0.05) is 0 Å². The Morgan fingerprint density at radius 1 is 0.929 bits per heavy atom. The molecule has 0 fully saturated rings. The first-order valence-electron chi connectivity index (χ1n) is 4.47. The second-order valence-corrected chi connectivity index (χ2v) is 5.08. The van der Waals surface area contributed by atoms with Gasteiger partial charge in [-0.1, -0.05) is 34.6 Å². The predicted molar refractivity (Wildman–Crippen MR) is 52.0 cm³/mol. The van der Waals surface area contributed by atoms with Gasteiger partial charge in [-0.3, -0.25) is 9.59 Å². The zero-order chi connectivity index (χ0) is 11.7. The Balaban J connectivity index is 5.21. The van der Waals surface area contributed by atoms with Crippen molar-refractivity contribution in [2.24, 2.45) is 16.7 Å². The molecule has 0 aliphatic carbocycles. The molecule has 0 aliphatic rings. The van der Waals surface area contributed by atoms with Crippen molar-refractivity contribution in [2.45, 2.75) is 34.6 Å². The summed E-state index contributed by atoms with van der Waals surface area (Å²) < 4.78 is 0. The molecule has 0 bridgehead atoms. The van der Waals surface area contributed by atoms with Gasteiger partial charge in [-0.2, -0.15) is 0 Å². The molecule has 0 saturated carbocycles. The third-order valence-corrected chi connectivity index (χ3v) is 3.15. The minimum Gasteiger partial charge on any atom is -0.481 e. The smallest absolute Gasteiger partial charge is 0.318 e. The number of hydrogen-bond acceptors (Lipinski definition) is 2. The van der Waals surface area contributed by atoms with Crippen molar-refractivity contribution >= 4 is 11.9 Å². The summed E-state index contributed by atoms with van der Waals surface area (Å²) in [5.74, 6) is -3.93. The first kappa shape index (κ1) is 12.9. The maximum absolute atomic E-state index is 10.9. The van der Waals surface area contributed by atoms with Crippen LogP contribution in [0.15, 0.2) is 0 Å². The van der Waals surface area contributed by atoms with Gasteiger partial charge in [0.05, 0.1) is 0 Å². The van der Waals surface area contributed by atoms with E-state index in [4.69, 9.17) is 10.2 Å². The van der Waals surface area contributed by atoms with Gasteiger partial charge in [-0.25, -0.2) is 0 Å². The molecule has 0 spiro atoms. The van der Waals surface area contributed by atoms with E-state index in [1.165, 1.54) is 0 Å². The molecular weight excluding hydrogens is 184 g/mol. The van der Waals surface area contributed by atoms with Crippen LogP contribution in [-0.2, 0) is 9.59 Å². The summed E-state index contributed by atoms with van der Waals surface area (Å²) in [4.78, 5) is 21.7. The number of aliphatic carboxylic acids is 2. The van der Waals surface area contributed by atoms with Crippen LogP contribution in [0.1, 0.15) is 34.6 Å². The van der Waals surface area contributed by atoms with E-state index >= 15 is 0 Å². The molecule has 14 heavy (non-hydrogen) atoms. The average molecular weight is 202 g/mol. The topological polar surface area (TPSA) is 74.6 Å². The van der Waals surface area contributed by atoms with Gasteiger partial charge in [0.1, 0.15) is 0 Å². The maximum atomic E-state index is 10.9. The lowest BCUT2D eigenvalue weighted by Gasteiger charge is -2.41. The Kier molecular flexibility index (Phi) is 3.32. The third-order valence-electron chi connectivity index (χ3n) is 3.15. The Labute approximate surface area is 83.9 Å². The van der Waals surface area contributed by atoms with Gasteiger partial charge in [-0.05, 0) is 10.8 Å². The molecule has 0 aliphatic heterocycles. The molecule has 2 N–H and O–H groups in total. The van der Waals surface area contributed by atoms with E-state index < -0.39 is 23.3 Å². The van der Waals surface area contributed by atoms with Crippen LogP contribution < -0.4 is 0 Å². The fourth-order valence-electron chi connectivity index (χ4n) is 1.16. The van der Waals surface area contributed by atoms with E-state index in [1.54, 1.807) is 13.8 Å². The van der Waals surface area contributed by atoms with Crippen LogP contribution in [0, 0.1) is 16.7 Å². The van der Waals surface area contributed by atoms with Crippen LogP contribution in [0.3, 0.4) is 0 Å². The summed E-state index contributed by atoms with van der Waals surface area (Å²) in [6.07, 6.45) is 0. The van der Waals surface area contributed by atoms with E-state index in [0.717, 1.165) is 0 Å². The van der Waals surface area contributed by atoms with Crippen molar-refractivity contribution in [3.8, 4) is 0 Å². The third kappa shape index (κ3) is 2.25. The summed E-state index contributed by atoms with van der Waals surface area (Å²) in [5, 5.41) is 17.7. The highest BCUT2D eigenvalue weighted by Gasteiger charge is 2.48. The van der Waals surface area contributed by atoms with E-state index in [9.17, 15) is 9.59 Å². The average Bonchev–Trinajstić information content (AvgIpc) is 1.79. The minimum atomic E-state index is -1.37. The SMILES string of the molecule is CC(C)(C)C(C)(C)C(C(=O)O)C(=O)O. The van der Waals surface area contributed by atoms with Gasteiger partial charge in [-0.15, -0.1) is 0 Å². The standard InChI is InChI=1S/C10H18O4/c1-9(2,3)10(4,5)6(7(11)12)8(13)14/h6H,1-5H3,(H,11,12)(H,13,14). The molecular formula is C10H18O4. The van der Waals surface area contributed by atoms with E-state index in [2.05, 4.69) is 0 Å². The number of hydrogen-bond donors (Lipinski definition) is 2. The zero-order valence-corrected chi connectivity index (χ0v) is 9.29. The van der Waals surface area contributed by atoms with Crippen molar-refractivity contribution < 1.29 is 19.8 Å². The predicted octanol–water partition coefficient (Wildman–Crippen LogP) is 1.84. The monoisotopic (exact) mass is 202 g/mol. The summed E-state index contributed by atoms with van der Waals surface area (Å²) in [6.45, 7) is 8.85. The van der Waals surface area contributed by atoms with Gasteiger partial charge in [0.25, 0.3) is 0 Å². The summed E-state index contributed by atoms with van der Waals surface area (Å²) >= 11 is 0. The van der Waals surface area contributed by atoms with Gasteiger partial charge >= 0.3 is 11.9 Å². The van der Waals surface area contributed by atoms with Crippen molar-refractivity contribution in [1.82, 2.24) is 0 Å². The van der Waals surface area contributed by atoms with Crippen LogP contribution >= 0.6 is 0 Å². The Morgan fingerprint density at radius 2 is 1.21 bits per heavy atom. The number of carbonyl (C=O) groups is 2. The van der Waals surface area contributed by atoms with Crippen molar-refractivity contribution in [3.05, 3.63) is 0 Å². The second kappa shape index (κ2) is 3.59. The first-order valence-corrected chi connectivity index (χ1v) is 4.47. The highest BCUT2D eigenvalue weighted by atomic mass is 16.4. The molecule has 0 unspecified atom stereocenters. The maximum Gasteiger partial charge on any atom is 0.318 e. The Morgan fingerprint density at radius 3 is 1.29 bits per heavy atom. The molecule has 0 atom stereocenters. The lowest BCUT2D eigenvalue weighted by Crippen LogP contribution is -2.45. The molecule has 4 heteroatoms. The lowest BCUT2D eigenvalue weighted by molar-refractivity contribution is -0.164. The fourth-order valence-corrected chi connectivity index (χ4v) is 1.16. The van der Waals surface area contributed by atoms with Crippen LogP contribution in [0.4, 0.5) is 0 Å². The summed E-state index contributed by atoms with van der Waals surface area (Å²) in [6, 6.07) is 0. The molecule has 4 nitrogen and oxygen atoms in total. The number of rotatable bonds is 3. The van der Waals surface area contributed by atoms with E-state index in [1.807, 2.05) is 20.8 Å². The van der Waals surface area contributed by atoms with Crippen LogP contribution in [0.2, 0.25) is 0 Å². The number of carboxylic acid groups (broad SMARTS) is 2. The van der Waals surface area contributed by atoms with Gasteiger partial charge in [0.2, 0.25) is 0 Å². The molecule has 0 rings (SSSR count). The molecule has 0 saturated heterocycles. The Hall–Kier alpha value is -1.06. The van der Waals surface area contributed by atoms with Crippen LogP contribution in [0.5, 0.6) is 0 Å². The molecule has 0 radical (unpaired) electrons. The fraction of sp³-hybridized carbons (Fsp3) is 0.800. The van der Waals surface area contributed by atoms with Gasteiger partial charge < -0.3 is 10.2 Å². The normalized spacial score (nSPS) is 13.0. The van der Waals surface area contributed by atoms with Crippen LogP contribution in [-0.4, -0.2) is 22.2 Å². The van der Waals surface area contributed by atoms with Crippen molar-refractivity contribution in [3.63, 3.8) is 0 Å².